The number of nitrogens with zero attached hydrogens (tertiary/aromatic N) is 4. The van der Waals surface area contributed by atoms with Gasteiger partial charge in [0.15, 0.2) is 5.82 Å². The maximum absolute atomic E-state index is 12.1. The fraction of sp³-hybridized carbons (Fsp3) is 0.500. The molecule has 0 atom stereocenters. The number of hydrogen-bond acceptors (Lipinski definition) is 4. The van der Waals surface area contributed by atoms with Crippen LogP contribution in [-0.4, -0.2) is 44.7 Å². The standard InChI is InChI=1S/C18H27N5O/c1-13-8-7-9-15(10-13)17-19-14(2)21-23(17)12-22(6)11-16(24)20-18(3,4)5/h7-10H,11-12H2,1-6H3,(H,20,24). The van der Waals surface area contributed by atoms with Gasteiger partial charge in [0, 0.05) is 11.1 Å². The zero-order chi connectivity index (χ0) is 17.9. The molecule has 0 saturated heterocycles. The fourth-order valence-corrected chi connectivity index (χ4v) is 2.53. The molecule has 0 aliphatic rings. The molecule has 1 amide bonds. The van der Waals surface area contributed by atoms with Crippen molar-refractivity contribution in [1.82, 2.24) is 25.0 Å². The van der Waals surface area contributed by atoms with Crippen LogP contribution in [0.1, 0.15) is 32.2 Å². The maximum atomic E-state index is 12.1. The molecule has 0 aliphatic heterocycles. The molecule has 1 aromatic heterocycles. The van der Waals surface area contributed by atoms with E-state index in [0.717, 1.165) is 17.2 Å². The summed E-state index contributed by atoms with van der Waals surface area (Å²) in [5.41, 5.74) is 1.98. The Kier molecular flexibility index (Phi) is 5.39. The van der Waals surface area contributed by atoms with Crippen molar-refractivity contribution in [2.45, 2.75) is 46.8 Å². The van der Waals surface area contributed by atoms with Crippen LogP contribution in [0.5, 0.6) is 0 Å². The van der Waals surface area contributed by atoms with Crippen molar-refractivity contribution in [2.24, 2.45) is 0 Å². The predicted molar refractivity (Wildman–Crippen MR) is 95.5 cm³/mol. The maximum Gasteiger partial charge on any atom is 0.234 e. The summed E-state index contributed by atoms with van der Waals surface area (Å²) in [4.78, 5) is 18.5. The highest BCUT2D eigenvalue weighted by molar-refractivity contribution is 5.78. The molecule has 0 fully saturated rings. The van der Waals surface area contributed by atoms with Crippen molar-refractivity contribution >= 4 is 5.91 Å². The first-order valence-corrected chi connectivity index (χ1v) is 8.12. The molecule has 1 N–H and O–H groups in total. The number of rotatable bonds is 5. The Morgan fingerprint density at radius 3 is 2.62 bits per heavy atom. The van der Waals surface area contributed by atoms with E-state index < -0.39 is 0 Å². The minimum absolute atomic E-state index is 0.000979. The summed E-state index contributed by atoms with van der Waals surface area (Å²) in [5.74, 6) is 1.54. The van der Waals surface area contributed by atoms with E-state index in [2.05, 4.69) is 34.5 Å². The van der Waals surface area contributed by atoms with Crippen LogP contribution < -0.4 is 5.32 Å². The molecule has 2 rings (SSSR count). The van der Waals surface area contributed by atoms with Crippen molar-refractivity contribution in [2.75, 3.05) is 13.6 Å². The Bertz CT molecular complexity index is 714. The van der Waals surface area contributed by atoms with E-state index in [1.54, 1.807) is 0 Å². The highest BCUT2D eigenvalue weighted by Gasteiger charge is 2.17. The molecule has 0 bridgehead atoms. The molecule has 2 aromatic rings. The second-order valence-corrected chi connectivity index (χ2v) is 7.31. The molecule has 24 heavy (non-hydrogen) atoms. The summed E-state index contributed by atoms with van der Waals surface area (Å²) in [6, 6.07) is 8.19. The van der Waals surface area contributed by atoms with Crippen LogP contribution in [0.4, 0.5) is 0 Å². The zero-order valence-corrected chi connectivity index (χ0v) is 15.4. The van der Waals surface area contributed by atoms with Gasteiger partial charge in [-0.15, -0.1) is 0 Å². The molecule has 0 radical (unpaired) electrons. The van der Waals surface area contributed by atoms with E-state index in [-0.39, 0.29) is 11.4 Å². The third-order valence-electron chi connectivity index (χ3n) is 3.36. The van der Waals surface area contributed by atoms with Gasteiger partial charge >= 0.3 is 0 Å². The Hall–Kier alpha value is -2.21. The largest absolute Gasteiger partial charge is 0.350 e. The lowest BCUT2D eigenvalue weighted by molar-refractivity contribution is -0.123. The number of amides is 1. The Balaban J connectivity index is 2.11. The summed E-state index contributed by atoms with van der Waals surface area (Å²) < 4.78 is 1.84. The fourth-order valence-electron chi connectivity index (χ4n) is 2.53. The van der Waals surface area contributed by atoms with Crippen LogP contribution in [0.15, 0.2) is 24.3 Å². The van der Waals surface area contributed by atoms with E-state index in [1.165, 1.54) is 5.56 Å². The number of benzene rings is 1. The molecule has 0 saturated carbocycles. The smallest absolute Gasteiger partial charge is 0.234 e. The van der Waals surface area contributed by atoms with Crippen LogP contribution in [-0.2, 0) is 11.5 Å². The molecular weight excluding hydrogens is 302 g/mol. The van der Waals surface area contributed by atoms with Gasteiger partial charge in [0.05, 0.1) is 13.2 Å². The third kappa shape index (κ3) is 5.16. The Labute approximate surface area is 143 Å². The second kappa shape index (κ2) is 7.13. The average molecular weight is 329 g/mol. The van der Waals surface area contributed by atoms with E-state index in [0.29, 0.717) is 13.2 Å². The minimum atomic E-state index is -0.228. The highest BCUT2D eigenvalue weighted by atomic mass is 16.2. The average Bonchev–Trinajstić information content (AvgIpc) is 2.76. The summed E-state index contributed by atoms with van der Waals surface area (Å²) in [6.07, 6.45) is 0. The van der Waals surface area contributed by atoms with Crippen molar-refractivity contribution < 1.29 is 4.79 Å². The monoisotopic (exact) mass is 329 g/mol. The van der Waals surface area contributed by atoms with Crippen molar-refractivity contribution in [1.29, 1.82) is 0 Å². The molecule has 130 valence electrons. The van der Waals surface area contributed by atoms with Crippen LogP contribution >= 0.6 is 0 Å². The lowest BCUT2D eigenvalue weighted by atomic mass is 10.1. The van der Waals surface area contributed by atoms with Crippen LogP contribution in [0.25, 0.3) is 11.4 Å². The predicted octanol–water partition coefficient (Wildman–Crippen LogP) is 2.37. The van der Waals surface area contributed by atoms with E-state index in [9.17, 15) is 4.79 Å². The van der Waals surface area contributed by atoms with Gasteiger partial charge in [-0.3, -0.25) is 9.69 Å². The van der Waals surface area contributed by atoms with E-state index >= 15 is 0 Å². The number of carbonyl (C=O) groups excluding carboxylic acids is 1. The normalized spacial score (nSPS) is 11.8. The first-order chi connectivity index (χ1) is 11.1. The van der Waals surface area contributed by atoms with Gasteiger partial charge in [-0.05, 0) is 47.7 Å². The van der Waals surface area contributed by atoms with Gasteiger partial charge in [-0.1, -0.05) is 23.8 Å². The topological polar surface area (TPSA) is 63.1 Å². The summed E-state index contributed by atoms with van der Waals surface area (Å²) >= 11 is 0. The van der Waals surface area contributed by atoms with E-state index in [4.69, 9.17) is 0 Å². The zero-order valence-electron chi connectivity index (χ0n) is 15.4. The molecule has 0 unspecified atom stereocenters. The van der Waals surface area contributed by atoms with Gasteiger partial charge < -0.3 is 5.32 Å². The van der Waals surface area contributed by atoms with Crippen LogP contribution in [0, 0.1) is 13.8 Å². The number of likely N-dealkylation sites (N-methyl/N-ethyl adjacent to an activating group) is 1. The van der Waals surface area contributed by atoms with Gasteiger partial charge in [0.2, 0.25) is 5.91 Å². The van der Waals surface area contributed by atoms with Crippen LogP contribution in [0.3, 0.4) is 0 Å². The van der Waals surface area contributed by atoms with Gasteiger partial charge in [-0.25, -0.2) is 9.67 Å². The molecule has 6 heteroatoms. The first kappa shape index (κ1) is 18.1. The van der Waals surface area contributed by atoms with E-state index in [1.807, 2.05) is 56.5 Å². The van der Waals surface area contributed by atoms with Gasteiger partial charge in [0.25, 0.3) is 0 Å². The summed E-state index contributed by atoms with van der Waals surface area (Å²) in [5, 5.41) is 7.44. The van der Waals surface area contributed by atoms with Gasteiger partial charge in [-0.2, -0.15) is 5.10 Å². The summed E-state index contributed by atoms with van der Waals surface area (Å²) in [6.45, 7) is 10.7. The van der Waals surface area contributed by atoms with Crippen molar-refractivity contribution in [3.05, 3.63) is 35.7 Å². The molecular formula is C18H27N5O. The lowest BCUT2D eigenvalue weighted by Crippen LogP contribution is -2.45. The quantitative estimate of drug-likeness (QED) is 0.915. The molecule has 1 heterocycles. The van der Waals surface area contributed by atoms with Crippen molar-refractivity contribution in [3.8, 4) is 11.4 Å². The Morgan fingerprint density at radius 1 is 1.29 bits per heavy atom. The molecule has 0 spiro atoms. The van der Waals surface area contributed by atoms with Gasteiger partial charge in [0.1, 0.15) is 5.82 Å². The number of carbonyl (C=O) groups is 1. The highest BCUT2D eigenvalue weighted by Crippen LogP contribution is 2.18. The van der Waals surface area contributed by atoms with Crippen molar-refractivity contribution in [3.63, 3.8) is 0 Å². The molecule has 0 aliphatic carbocycles. The third-order valence-corrected chi connectivity index (χ3v) is 3.36. The SMILES string of the molecule is Cc1cccc(-c2nc(C)nn2CN(C)CC(=O)NC(C)(C)C)c1. The number of aryl methyl sites for hydroxylation is 2. The first-order valence-electron chi connectivity index (χ1n) is 8.12. The lowest BCUT2D eigenvalue weighted by Gasteiger charge is -2.23. The number of nitrogens with one attached hydrogen (secondary N) is 1. The number of hydrogen-bond donors (Lipinski definition) is 1. The minimum Gasteiger partial charge on any atom is -0.350 e. The van der Waals surface area contributed by atoms with Crippen LogP contribution in [0.2, 0.25) is 0 Å². The number of aromatic nitrogens is 3. The molecule has 6 nitrogen and oxygen atoms in total. The second-order valence-electron chi connectivity index (χ2n) is 7.31. The Morgan fingerprint density at radius 2 is 2.00 bits per heavy atom. The summed E-state index contributed by atoms with van der Waals surface area (Å²) in [7, 11) is 1.90. The molecule has 1 aromatic carbocycles.